The molecule has 3 rings (SSSR count). The molecule has 0 spiro atoms. The number of anilines is 1. The Kier molecular flexibility index (Phi) is 3.92. The summed E-state index contributed by atoms with van der Waals surface area (Å²) in [4.78, 5) is 16.2. The minimum atomic E-state index is -0.861. The number of hydrogen-bond donors (Lipinski definition) is 1. The molecule has 1 N–H and O–H groups in total. The second-order valence-corrected chi connectivity index (χ2v) is 4.89. The number of para-hydroxylation sites is 2. The van der Waals surface area contributed by atoms with Gasteiger partial charge < -0.3 is 9.30 Å². The molecule has 0 aliphatic carbocycles. The van der Waals surface area contributed by atoms with Gasteiger partial charge in [0.1, 0.15) is 5.82 Å². The Balaban J connectivity index is 1.68. The van der Waals surface area contributed by atoms with Crippen LogP contribution in [0.25, 0.3) is 11.0 Å². The molecule has 5 nitrogen and oxygen atoms in total. The Hall–Kier alpha value is -2.96. The standard InChI is InChI=1S/C16H13F2N3O2/c1-21-13-5-3-2-4-12(13)19-16(21)20-15(22)9-23-14-7-6-10(17)8-11(14)18/h2-8H,9H2,1H3,(H,19,20,22). The topological polar surface area (TPSA) is 56.2 Å². The van der Waals surface area contributed by atoms with Gasteiger partial charge in [0.15, 0.2) is 18.2 Å². The monoisotopic (exact) mass is 317 g/mol. The van der Waals surface area contributed by atoms with Gasteiger partial charge in [-0.2, -0.15) is 0 Å². The van der Waals surface area contributed by atoms with E-state index < -0.39 is 24.1 Å². The van der Waals surface area contributed by atoms with Gasteiger partial charge in [-0.3, -0.25) is 10.1 Å². The van der Waals surface area contributed by atoms with Crippen LogP contribution in [0.4, 0.5) is 14.7 Å². The van der Waals surface area contributed by atoms with Crippen LogP contribution >= 0.6 is 0 Å². The zero-order chi connectivity index (χ0) is 16.4. The minimum Gasteiger partial charge on any atom is -0.481 e. The van der Waals surface area contributed by atoms with Crippen LogP contribution in [-0.4, -0.2) is 22.1 Å². The summed E-state index contributed by atoms with van der Waals surface area (Å²) >= 11 is 0. The number of amides is 1. The van der Waals surface area contributed by atoms with Gasteiger partial charge in [-0.05, 0) is 24.3 Å². The van der Waals surface area contributed by atoms with Crippen molar-refractivity contribution in [2.75, 3.05) is 11.9 Å². The second kappa shape index (κ2) is 6.04. The molecule has 23 heavy (non-hydrogen) atoms. The fourth-order valence-corrected chi connectivity index (χ4v) is 2.15. The molecule has 0 fully saturated rings. The van der Waals surface area contributed by atoms with Crippen molar-refractivity contribution < 1.29 is 18.3 Å². The van der Waals surface area contributed by atoms with Gasteiger partial charge >= 0.3 is 0 Å². The molecule has 1 amide bonds. The number of hydrogen-bond acceptors (Lipinski definition) is 3. The van der Waals surface area contributed by atoms with Crippen molar-refractivity contribution in [2.24, 2.45) is 7.05 Å². The fourth-order valence-electron chi connectivity index (χ4n) is 2.15. The molecule has 0 bridgehead atoms. The molecule has 1 heterocycles. The minimum absolute atomic E-state index is 0.188. The maximum absolute atomic E-state index is 13.4. The highest BCUT2D eigenvalue weighted by molar-refractivity contribution is 5.92. The van der Waals surface area contributed by atoms with Crippen LogP contribution in [0.2, 0.25) is 0 Å². The lowest BCUT2D eigenvalue weighted by Gasteiger charge is -2.08. The molecule has 0 unspecified atom stereocenters. The van der Waals surface area contributed by atoms with Crippen molar-refractivity contribution in [3.63, 3.8) is 0 Å². The first-order valence-corrected chi connectivity index (χ1v) is 6.84. The number of aromatic nitrogens is 2. The third-order valence-corrected chi connectivity index (χ3v) is 3.29. The van der Waals surface area contributed by atoms with E-state index in [0.717, 1.165) is 23.2 Å². The van der Waals surface area contributed by atoms with Gasteiger partial charge in [0, 0.05) is 13.1 Å². The second-order valence-electron chi connectivity index (χ2n) is 4.89. The average Bonchev–Trinajstić information content (AvgIpc) is 2.83. The SMILES string of the molecule is Cn1c(NC(=O)COc2ccc(F)cc2F)nc2ccccc21. The third-order valence-electron chi connectivity index (χ3n) is 3.29. The molecule has 0 atom stereocenters. The van der Waals surface area contributed by atoms with Crippen LogP contribution in [0.1, 0.15) is 0 Å². The molecule has 0 aliphatic heterocycles. The summed E-state index contributed by atoms with van der Waals surface area (Å²) < 4.78 is 33.0. The first kappa shape index (κ1) is 15.0. The number of imidazole rings is 1. The van der Waals surface area contributed by atoms with Crippen LogP contribution in [0.5, 0.6) is 5.75 Å². The van der Waals surface area contributed by atoms with Crippen molar-refractivity contribution in [3.8, 4) is 5.75 Å². The van der Waals surface area contributed by atoms with Gasteiger partial charge in [0.2, 0.25) is 5.95 Å². The molecule has 7 heteroatoms. The average molecular weight is 317 g/mol. The Bertz CT molecular complexity index is 877. The van der Waals surface area contributed by atoms with E-state index in [2.05, 4.69) is 10.3 Å². The lowest BCUT2D eigenvalue weighted by molar-refractivity contribution is -0.118. The smallest absolute Gasteiger partial charge is 0.264 e. The highest BCUT2D eigenvalue weighted by atomic mass is 19.1. The first-order chi connectivity index (χ1) is 11.0. The molecule has 2 aromatic carbocycles. The Labute approximate surface area is 130 Å². The number of nitrogens with one attached hydrogen (secondary N) is 1. The Morgan fingerprint density at radius 2 is 2.04 bits per heavy atom. The molecule has 3 aromatic rings. The number of benzene rings is 2. The van der Waals surface area contributed by atoms with Gasteiger partial charge in [0.25, 0.3) is 5.91 Å². The van der Waals surface area contributed by atoms with Gasteiger partial charge in [-0.1, -0.05) is 12.1 Å². The summed E-state index contributed by atoms with van der Waals surface area (Å²) in [6, 6.07) is 10.3. The predicted molar refractivity (Wildman–Crippen MR) is 81.2 cm³/mol. The number of ether oxygens (including phenoxy) is 1. The lowest BCUT2D eigenvalue weighted by Crippen LogP contribution is -2.22. The van der Waals surface area contributed by atoms with Crippen LogP contribution in [0.3, 0.4) is 0 Å². The highest BCUT2D eigenvalue weighted by Crippen LogP contribution is 2.19. The molecule has 118 valence electrons. The quantitative estimate of drug-likeness (QED) is 0.805. The van der Waals surface area contributed by atoms with Gasteiger partial charge in [-0.25, -0.2) is 13.8 Å². The number of fused-ring (bicyclic) bond motifs is 1. The van der Waals surface area contributed by atoms with E-state index in [1.165, 1.54) is 0 Å². The number of rotatable bonds is 4. The van der Waals surface area contributed by atoms with Crippen molar-refractivity contribution in [2.45, 2.75) is 0 Å². The summed E-state index contributed by atoms with van der Waals surface area (Å²) in [5, 5.41) is 2.59. The molecule has 1 aromatic heterocycles. The Morgan fingerprint density at radius 1 is 1.26 bits per heavy atom. The number of aryl methyl sites for hydroxylation is 1. The molecule has 0 aliphatic rings. The zero-order valence-corrected chi connectivity index (χ0v) is 12.2. The van der Waals surface area contributed by atoms with E-state index in [0.29, 0.717) is 12.0 Å². The van der Waals surface area contributed by atoms with Gasteiger partial charge in [0.05, 0.1) is 11.0 Å². The fraction of sp³-hybridized carbons (Fsp3) is 0.125. The first-order valence-electron chi connectivity index (χ1n) is 6.84. The molecule has 0 saturated heterocycles. The van der Waals surface area contributed by atoms with Crippen LogP contribution in [0, 0.1) is 11.6 Å². The van der Waals surface area contributed by atoms with Crippen LogP contribution < -0.4 is 10.1 Å². The summed E-state index contributed by atoms with van der Waals surface area (Å²) in [5.41, 5.74) is 1.61. The number of nitrogens with zero attached hydrogens (tertiary/aromatic N) is 2. The van der Waals surface area contributed by atoms with E-state index in [-0.39, 0.29) is 5.75 Å². The largest absolute Gasteiger partial charge is 0.481 e. The molecule has 0 saturated carbocycles. The summed E-state index contributed by atoms with van der Waals surface area (Å²) in [7, 11) is 1.77. The molecular formula is C16H13F2N3O2. The van der Waals surface area contributed by atoms with Gasteiger partial charge in [-0.15, -0.1) is 0 Å². The van der Waals surface area contributed by atoms with Crippen molar-refractivity contribution in [1.82, 2.24) is 9.55 Å². The molecular weight excluding hydrogens is 304 g/mol. The maximum Gasteiger partial charge on any atom is 0.264 e. The predicted octanol–water partition coefficient (Wildman–Crippen LogP) is 2.87. The van der Waals surface area contributed by atoms with E-state index >= 15 is 0 Å². The van der Waals surface area contributed by atoms with E-state index in [1.54, 1.807) is 11.6 Å². The Morgan fingerprint density at radius 3 is 2.78 bits per heavy atom. The number of carbonyl (C=O) groups excluding carboxylic acids is 1. The summed E-state index contributed by atoms with van der Waals surface area (Å²) in [6.07, 6.45) is 0. The third kappa shape index (κ3) is 3.13. The van der Waals surface area contributed by atoms with Crippen molar-refractivity contribution in [3.05, 3.63) is 54.1 Å². The summed E-state index contributed by atoms with van der Waals surface area (Å²) in [6.45, 7) is -0.411. The summed E-state index contributed by atoms with van der Waals surface area (Å²) in [5.74, 6) is -1.89. The number of carbonyl (C=O) groups is 1. The van der Waals surface area contributed by atoms with E-state index in [9.17, 15) is 13.6 Å². The number of halogens is 2. The van der Waals surface area contributed by atoms with Crippen molar-refractivity contribution in [1.29, 1.82) is 0 Å². The van der Waals surface area contributed by atoms with Crippen LogP contribution in [0.15, 0.2) is 42.5 Å². The van der Waals surface area contributed by atoms with Crippen LogP contribution in [-0.2, 0) is 11.8 Å². The zero-order valence-electron chi connectivity index (χ0n) is 12.2. The molecule has 0 radical (unpaired) electrons. The lowest BCUT2D eigenvalue weighted by atomic mass is 10.3. The maximum atomic E-state index is 13.4. The normalized spacial score (nSPS) is 10.7. The van der Waals surface area contributed by atoms with Crippen molar-refractivity contribution >= 4 is 22.9 Å². The van der Waals surface area contributed by atoms with E-state index in [1.807, 2.05) is 24.3 Å². The highest BCUT2D eigenvalue weighted by Gasteiger charge is 2.12. The van der Waals surface area contributed by atoms with E-state index in [4.69, 9.17) is 4.74 Å².